The van der Waals surface area contributed by atoms with Gasteiger partial charge in [-0.25, -0.2) is 0 Å². The highest BCUT2D eigenvalue weighted by Gasteiger charge is 2.10. The van der Waals surface area contributed by atoms with Crippen molar-refractivity contribution >= 4 is 15.9 Å². The summed E-state index contributed by atoms with van der Waals surface area (Å²) in [6.45, 7) is 10.6. The van der Waals surface area contributed by atoms with Gasteiger partial charge in [0.25, 0.3) is 0 Å². The minimum Gasteiger partial charge on any atom is -0.490 e. The summed E-state index contributed by atoms with van der Waals surface area (Å²) in [5.74, 6) is 1.59. The predicted octanol–water partition coefficient (Wildman–Crippen LogP) is 3.91. The molecule has 0 aliphatic carbocycles. The van der Waals surface area contributed by atoms with E-state index in [2.05, 4.69) is 34.7 Å². The Morgan fingerprint density at radius 3 is 2.63 bits per heavy atom. The van der Waals surface area contributed by atoms with Gasteiger partial charge in [0.05, 0.1) is 13.2 Å². The van der Waals surface area contributed by atoms with Crippen LogP contribution < -0.4 is 14.8 Å². The number of benzene rings is 1. The molecule has 0 unspecified atom stereocenters. The Morgan fingerprint density at radius 1 is 1.26 bits per heavy atom. The van der Waals surface area contributed by atoms with Gasteiger partial charge in [0.15, 0.2) is 11.5 Å². The minimum atomic E-state index is 0.629. The molecule has 0 saturated heterocycles. The van der Waals surface area contributed by atoms with Crippen LogP contribution in [-0.2, 0) is 6.54 Å². The van der Waals surface area contributed by atoms with Crippen LogP contribution >= 0.6 is 15.9 Å². The summed E-state index contributed by atoms with van der Waals surface area (Å²) in [4.78, 5) is 0. The molecule has 0 amide bonds. The van der Waals surface area contributed by atoms with Crippen molar-refractivity contribution in [3.63, 3.8) is 0 Å². The summed E-state index contributed by atoms with van der Waals surface area (Å²) in [5.41, 5.74) is 1.15. The summed E-state index contributed by atoms with van der Waals surface area (Å²) in [5, 5.41) is 3.28. The Labute approximate surface area is 124 Å². The molecule has 0 spiro atoms. The number of nitrogens with one attached hydrogen (secondary N) is 1. The van der Waals surface area contributed by atoms with E-state index in [4.69, 9.17) is 9.47 Å². The van der Waals surface area contributed by atoms with E-state index in [9.17, 15) is 0 Å². The Hall–Kier alpha value is -1.00. The monoisotopic (exact) mass is 327 g/mol. The molecule has 0 atom stereocenters. The molecule has 1 rings (SSSR count). The smallest absolute Gasteiger partial charge is 0.162 e. The molecule has 4 heteroatoms. The molecule has 0 fully saturated rings. The fourth-order valence-corrected chi connectivity index (χ4v) is 2.08. The van der Waals surface area contributed by atoms with E-state index in [0.29, 0.717) is 13.2 Å². The zero-order chi connectivity index (χ0) is 14.1. The lowest BCUT2D eigenvalue weighted by Crippen LogP contribution is -2.13. The van der Waals surface area contributed by atoms with Crippen LogP contribution in [0.2, 0.25) is 0 Å². The van der Waals surface area contributed by atoms with Crippen molar-refractivity contribution in [3.8, 4) is 11.5 Å². The van der Waals surface area contributed by atoms with E-state index in [1.807, 2.05) is 25.1 Å². The van der Waals surface area contributed by atoms with Crippen LogP contribution in [-0.4, -0.2) is 19.8 Å². The molecule has 3 nitrogen and oxygen atoms in total. The van der Waals surface area contributed by atoms with Gasteiger partial charge in [0, 0.05) is 17.6 Å². The SMILES string of the molecule is C=CCNCc1cc(OCC)c(OCCC)cc1Br. The first-order valence-electron chi connectivity index (χ1n) is 6.62. The van der Waals surface area contributed by atoms with Crippen LogP contribution in [0.5, 0.6) is 11.5 Å². The average molecular weight is 328 g/mol. The molecule has 1 N–H and O–H groups in total. The quantitative estimate of drug-likeness (QED) is 0.551. The van der Waals surface area contributed by atoms with Gasteiger partial charge in [-0.1, -0.05) is 28.9 Å². The molecule has 0 saturated carbocycles. The Balaban J connectivity index is 2.88. The van der Waals surface area contributed by atoms with Gasteiger partial charge in [-0.05, 0) is 31.0 Å². The maximum absolute atomic E-state index is 5.71. The predicted molar refractivity (Wildman–Crippen MR) is 83.0 cm³/mol. The third-order valence-corrected chi connectivity index (χ3v) is 3.22. The van der Waals surface area contributed by atoms with Crippen LogP contribution in [0.4, 0.5) is 0 Å². The van der Waals surface area contributed by atoms with Gasteiger partial charge < -0.3 is 14.8 Å². The molecule has 0 bridgehead atoms. The highest BCUT2D eigenvalue weighted by molar-refractivity contribution is 9.10. The lowest BCUT2D eigenvalue weighted by atomic mass is 10.2. The fraction of sp³-hybridized carbons (Fsp3) is 0.467. The lowest BCUT2D eigenvalue weighted by Gasteiger charge is -2.15. The van der Waals surface area contributed by atoms with Crippen LogP contribution in [0.1, 0.15) is 25.8 Å². The maximum atomic E-state index is 5.71. The third kappa shape index (κ3) is 5.25. The van der Waals surface area contributed by atoms with Gasteiger partial charge in [-0.3, -0.25) is 0 Å². The average Bonchev–Trinajstić information content (AvgIpc) is 2.40. The minimum absolute atomic E-state index is 0.629. The highest BCUT2D eigenvalue weighted by Crippen LogP contribution is 2.34. The maximum Gasteiger partial charge on any atom is 0.162 e. The number of hydrogen-bond donors (Lipinski definition) is 1. The second kappa shape index (κ2) is 8.99. The largest absolute Gasteiger partial charge is 0.490 e. The lowest BCUT2D eigenvalue weighted by molar-refractivity contribution is 0.276. The molecule has 0 aliphatic heterocycles. The van der Waals surface area contributed by atoms with Gasteiger partial charge in [0.2, 0.25) is 0 Å². The summed E-state index contributed by atoms with van der Waals surface area (Å²) < 4.78 is 12.4. The van der Waals surface area contributed by atoms with E-state index < -0.39 is 0 Å². The van der Waals surface area contributed by atoms with Crippen molar-refractivity contribution in [1.82, 2.24) is 5.32 Å². The molecule has 1 aromatic rings. The zero-order valence-electron chi connectivity index (χ0n) is 11.7. The number of hydrogen-bond acceptors (Lipinski definition) is 3. The van der Waals surface area contributed by atoms with Crippen molar-refractivity contribution in [3.05, 3.63) is 34.8 Å². The third-order valence-electron chi connectivity index (χ3n) is 2.48. The van der Waals surface area contributed by atoms with Gasteiger partial charge in [-0.2, -0.15) is 0 Å². The van der Waals surface area contributed by atoms with E-state index in [-0.39, 0.29) is 0 Å². The Morgan fingerprint density at radius 2 is 2.00 bits per heavy atom. The summed E-state index contributed by atoms with van der Waals surface area (Å²) in [7, 11) is 0. The van der Waals surface area contributed by atoms with Crippen LogP contribution in [0.3, 0.4) is 0 Å². The van der Waals surface area contributed by atoms with Gasteiger partial charge in [-0.15, -0.1) is 6.58 Å². The number of halogens is 1. The van der Waals surface area contributed by atoms with E-state index in [1.165, 1.54) is 0 Å². The molecule has 19 heavy (non-hydrogen) atoms. The van der Waals surface area contributed by atoms with E-state index >= 15 is 0 Å². The van der Waals surface area contributed by atoms with Gasteiger partial charge in [0.1, 0.15) is 0 Å². The van der Waals surface area contributed by atoms with Crippen molar-refractivity contribution in [2.75, 3.05) is 19.8 Å². The second-order valence-electron chi connectivity index (χ2n) is 4.09. The molecule has 106 valence electrons. The highest BCUT2D eigenvalue weighted by atomic mass is 79.9. The van der Waals surface area contributed by atoms with Crippen LogP contribution in [0.15, 0.2) is 29.3 Å². The molecule has 0 aromatic heterocycles. The molecular formula is C15H22BrNO2. The first-order valence-corrected chi connectivity index (χ1v) is 7.41. The van der Waals surface area contributed by atoms with E-state index in [0.717, 1.165) is 41.0 Å². The van der Waals surface area contributed by atoms with Crippen LogP contribution in [0, 0.1) is 0 Å². The standard InChI is InChI=1S/C15H22BrNO2/c1-4-7-17-11-12-9-14(18-6-3)15(10-13(12)16)19-8-5-2/h4,9-10,17H,1,5-8,11H2,2-3H3. The fourth-order valence-electron chi connectivity index (χ4n) is 1.61. The summed E-state index contributed by atoms with van der Waals surface area (Å²) in [6, 6.07) is 4.00. The van der Waals surface area contributed by atoms with Crippen molar-refractivity contribution in [2.24, 2.45) is 0 Å². The Kier molecular flexibility index (Phi) is 7.60. The summed E-state index contributed by atoms with van der Waals surface area (Å²) in [6.07, 6.45) is 2.82. The molecule has 0 radical (unpaired) electrons. The molecule has 0 aliphatic rings. The van der Waals surface area contributed by atoms with Crippen LogP contribution in [0.25, 0.3) is 0 Å². The van der Waals surface area contributed by atoms with E-state index in [1.54, 1.807) is 0 Å². The second-order valence-corrected chi connectivity index (χ2v) is 4.95. The summed E-state index contributed by atoms with van der Waals surface area (Å²) >= 11 is 3.58. The first-order chi connectivity index (χ1) is 9.22. The van der Waals surface area contributed by atoms with Gasteiger partial charge >= 0.3 is 0 Å². The van der Waals surface area contributed by atoms with Crippen molar-refractivity contribution < 1.29 is 9.47 Å². The Bertz CT molecular complexity index is 407. The molecule has 1 aromatic carbocycles. The molecular weight excluding hydrogens is 306 g/mol. The number of ether oxygens (including phenoxy) is 2. The normalized spacial score (nSPS) is 10.3. The zero-order valence-corrected chi connectivity index (χ0v) is 13.3. The van der Waals surface area contributed by atoms with Crippen molar-refractivity contribution in [1.29, 1.82) is 0 Å². The first kappa shape index (κ1) is 16.1. The molecule has 0 heterocycles. The topological polar surface area (TPSA) is 30.5 Å². The van der Waals surface area contributed by atoms with Crippen molar-refractivity contribution in [2.45, 2.75) is 26.8 Å². The number of rotatable bonds is 9.